The van der Waals surface area contributed by atoms with E-state index in [1.165, 1.54) is 36.6 Å². The van der Waals surface area contributed by atoms with Crippen molar-refractivity contribution in [1.29, 1.82) is 0 Å². The quantitative estimate of drug-likeness (QED) is 0.315. The molecule has 2 rings (SSSR count). The van der Waals surface area contributed by atoms with Crippen molar-refractivity contribution in [1.82, 2.24) is 0 Å². The van der Waals surface area contributed by atoms with Gasteiger partial charge in [0.05, 0.1) is 5.03 Å². The Balaban J connectivity index is 0. The Bertz CT molecular complexity index is 815. The lowest BCUT2D eigenvalue weighted by Crippen LogP contribution is -1.99. The number of allylic oxidation sites excluding steroid dienone is 8. The number of hydrogen-bond donors (Lipinski definition) is 2. The van der Waals surface area contributed by atoms with E-state index in [-0.39, 0.29) is 0 Å². The molecule has 1 fully saturated rings. The molecule has 3 nitrogen and oxygen atoms in total. The highest BCUT2D eigenvalue weighted by molar-refractivity contribution is 8.06. The molecule has 0 unspecified atom stereocenters. The zero-order valence-electron chi connectivity index (χ0n) is 21.6. The lowest BCUT2D eigenvalue weighted by Gasteiger charge is -2.12. The Morgan fingerprint density at radius 2 is 1.74 bits per heavy atom. The summed E-state index contributed by atoms with van der Waals surface area (Å²) in [7, 11) is 0. The van der Waals surface area contributed by atoms with E-state index in [4.69, 9.17) is 33.7 Å². The van der Waals surface area contributed by atoms with Gasteiger partial charge in [0.2, 0.25) is 0 Å². The summed E-state index contributed by atoms with van der Waals surface area (Å²) < 4.78 is 0. The van der Waals surface area contributed by atoms with E-state index in [1.54, 1.807) is 12.2 Å². The Kier molecular flexibility index (Phi) is 21.8. The van der Waals surface area contributed by atoms with Gasteiger partial charge in [-0.05, 0) is 51.0 Å². The minimum Gasteiger partial charge on any atom is -0.402 e. The summed E-state index contributed by atoms with van der Waals surface area (Å²) in [4.78, 5) is 9.00. The minimum absolute atomic E-state index is 0.630. The highest BCUT2D eigenvalue weighted by Crippen LogP contribution is 2.31. The van der Waals surface area contributed by atoms with E-state index in [2.05, 4.69) is 37.9 Å². The van der Waals surface area contributed by atoms with Gasteiger partial charge in [-0.3, -0.25) is 0 Å². The van der Waals surface area contributed by atoms with E-state index < -0.39 is 0 Å². The zero-order chi connectivity index (χ0) is 26.5. The van der Waals surface area contributed by atoms with Gasteiger partial charge in [0.1, 0.15) is 6.79 Å². The van der Waals surface area contributed by atoms with Crippen LogP contribution in [0.25, 0.3) is 0 Å². The van der Waals surface area contributed by atoms with E-state index >= 15 is 0 Å². The number of nitrogens with two attached hydrogens (primary N) is 1. The zero-order valence-corrected chi connectivity index (χ0v) is 23.9. The van der Waals surface area contributed by atoms with Gasteiger partial charge >= 0.3 is 0 Å². The SMILES string of the molecule is C=C(Nc1ccc(C)cc1)S/C(C/C=C(Cl)/C=C\C=C(/C)Cl)=C(\C)N.C=O.CC.CCC1CC1. The van der Waals surface area contributed by atoms with Crippen LogP contribution in [0, 0.1) is 12.8 Å². The standard InChI is InChI=1S/C20H24Cl2N2S.C5H10.C2H6.CH2O/c1-14-8-11-19(12-9-14)24-17(4)25-20(16(3)23)13-10-18(22)7-5-6-15(2)21;1-2-5-3-4-5;2*1-2/h5-12,24H,4,13,23H2,1-3H3;5H,2-4H2,1H3;1-2H3;1H2/b7-5-,15-6+,18-10-,20-16+;;;. The van der Waals surface area contributed by atoms with Crippen LogP contribution in [0.3, 0.4) is 0 Å². The van der Waals surface area contributed by atoms with Crippen LogP contribution in [0.2, 0.25) is 0 Å². The molecule has 0 radical (unpaired) electrons. The smallest absolute Gasteiger partial charge is 0.106 e. The molecule has 1 aromatic carbocycles. The second-order valence-electron chi connectivity index (χ2n) is 7.38. The van der Waals surface area contributed by atoms with E-state index in [1.807, 2.05) is 58.8 Å². The molecule has 34 heavy (non-hydrogen) atoms. The Morgan fingerprint density at radius 1 is 1.18 bits per heavy atom. The fourth-order valence-corrected chi connectivity index (χ4v) is 3.33. The summed E-state index contributed by atoms with van der Waals surface area (Å²) in [5, 5.41) is 5.42. The summed E-state index contributed by atoms with van der Waals surface area (Å²) in [5.74, 6) is 1.13. The minimum atomic E-state index is 0.630. The van der Waals surface area contributed by atoms with Crippen molar-refractivity contribution in [2.45, 2.75) is 67.2 Å². The molecule has 6 heteroatoms. The third-order valence-corrected chi connectivity index (χ3v) is 5.85. The molecular formula is C28H42Cl2N2OS. The Morgan fingerprint density at radius 3 is 2.15 bits per heavy atom. The van der Waals surface area contributed by atoms with Crippen LogP contribution in [0.15, 0.2) is 80.8 Å². The third-order valence-electron chi connectivity index (χ3n) is 4.36. The summed E-state index contributed by atoms with van der Waals surface area (Å²) >= 11 is 13.5. The van der Waals surface area contributed by atoms with Gasteiger partial charge < -0.3 is 15.8 Å². The van der Waals surface area contributed by atoms with Gasteiger partial charge in [-0.2, -0.15) is 0 Å². The molecule has 0 aromatic heterocycles. The molecule has 0 saturated heterocycles. The first-order chi connectivity index (χ1) is 16.2. The molecule has 1 saturated carbocycles. The lowest BCUT2D eigenvalue weighted by atomic mass is 10.2. The molecule has 0 amide bonds. The monoisotopic (exact) mass is 524 g/mol. The van der Waals surface area contributed by atoms with Crippen LogP contribution >= 0.6 is 35.0 Å². The molecule has 0 aliphatic heterocycles. The Labute approximate surface area is 222 Å². The summed E-state index contributed by atoms with van der Waals surface area (Å²) in [6, 6.07) is 8.15. The number of hydrogen-bond acceptors (Lipinski definition) is 4. The number of thioether (sulfide) groups is 1. The largest absolute Gasteiger partial charge is 0.402 e. The van der Waals surface area contributed by atoms with E-state index in [0.717, 1.165) is 27.2 Å². The van der Waals surface area contributed by atoms with Crippen molar-refractivity contribution in [2.75, 3.05) is 5.32 Å². The molecule has 1 aromatic rings. The van der Waals surface area contributed by atoms with Crippen molar-refractivity contribution in [2.24, 2.45) is 11.7 Å². The van der Waals surface area contributed by atoms with Crippen LogP contribution in [0.4, 0.5) is 5.69 Å². The van der Waals surface area contributed by atoms with E-state index in [0.29, 0.717) is 16.5 Å². The highest BCUT2D eigenvalue weighted by atomic mass is 35.5. The van der Waals surface area contributed by atoms with Gasteiger partial charge in [0.25, 0.3) is 0 Å². The van der Waals surface area contributed by atoms with Gasteiger partial charge in [-0.1, -0.05) is 111 Å². The average molecular weight is 526 g/mol. The fraction of sp³-hybridized carbons (Fsp3) is 0.393. The maximum absolute atomic E-state index is 8.00. The average Bonchev–Trinajstić information content (AvgIpc) is 3.66. The predicted octanol–water partition coefficient (Wildman–Crippen LogP) is 9.66. The number of aryl methyl sites for hydroxylation is 1. The van der Waals surface area contributed by atoms with Gasteiger partial charge in [0, 0.05) is 32.8 Å². The number of halogens is 2. The number of benzene rings is 1. The van der Waals surface area contributed by atoms with Crippen LogP contribution in [0.1, 0.15) is 65.9 Å². The number of nitrogens with one attached hydrogen (secondary N) is 1. The van der Waals surface area contributed by atoms with Crippen LogP contribution in [-0.2, 0) is 4.79 Å². The summed E-state index contributed by atoms with van der Waals surface area (Å²) in [6.45, 7) is 18.1. The van der Waals surface area contributed by atoms with Crippen LogP contribution in [0.5, 0.6) is 0 Å². The molecule has 1 aliphatic carbocycles. The van der Waals surface area contributed by atoms with Crippen molar-refractivity contribution >= 4 is 47.4 Å². The molecule has 0 spiro atoms. The predicted molar refractivity (Wildman–Crippen MR) is 157 cm³/mol. The summed E-state index contributed by atoms with van der Waals surface area (Å²) in [6.07, 6.45) is 12.4. The first-order valence-electron chi connectivity index (χ1n) is 11.5. The number of carbonyl (C=O) groups excluding carboxylic acids is 1. The first kappa shape index (κ1) is 34.3. The van der Waals surface area contributed by atoms with Gasteiger partial charge in [-0.15, -0.1) is 0 Å². The van der Waals surface area contributed by atoms with E-state index in [9.17, 15) is 0 Å². The molecule has 0 heterocycles. The molecule has 1 aliphatic rings. The van der Waals surface area contributed by atoms with Crippen LogP contribution < -0.4 is 11.1 Å². The molecule has 190 valence electrons. The topological polar surface area (TPSA) is 55.1 Å². The molecule has 0 bridgehead atoms. The maximum Gasteiger partial charge on any atom is 0.106 e. The van der Waals surface area contributed by atoms with Crippen molar-refractivity contribution < 1.29 is 4.79 Å². The highest BCUT2D eigenvalue weighted by Gasteiger charge is 2.17. The number of carbonyl (C=O) groups is 1. The second-order valence-corrected chi connectivity index (χ2v) is 9.60. The van der Waals surface area contributed by atoms with Crippen molar-refractivity contribution in [3.8, 4) is 0 Å². The van der Waals surface area contributed by atoms with Crippen molar-refractivity contribution in [3.63, 3.8) is 0 Å². The fourth-order valence-electron chi connectivity index (χ4n) is 2.31. The second kappa shape index (κ2) is 21.6. The van der Waals surface area contributed by atoms with Gasteiger partial charge in [0.15, 0.2) is 0 Å². The number of anilines is 1. The summed E-state index contributed by atoms with van der Waals surface area (Å²) in [5.41, 5.74) is 8.96. The first-order valence-corrected chi connectivity index (χ1v) is 13.1. The van der Waals surface area contributed by atoms with Crippen LogP contribution in [-0.4, -0.2) is 6.79 Å². The molecular weight excluding hydrogens is 483 g/mol. The maximum atomic E-state index is 8.00. The lowest BCUT2D eigenvalue weighted by molar-refractivity contribution is -0.0979. The van der Waals surface area contributed by atoms with Gasteiger partial charge in [-0.25, -0.2) is 0 Å². The molecule has 3 N–H and O–H groups in total. The molecule has 0 atom stereocenters. The number of rotatable bonds is 9. The normalized spacial score (nSPS) is 13.9. The Hall–Kier alpha value is -1.88. The van der Waals surface area contributed by atoms with Crippen molar-refractivity contribution in [3.05, 3.63) is 86.4 Å². The third kappa shape index (κ3) is 19.6.